The third-order valence-electron chi connectivity index (χ3n) is 4.46. The summed E-state index contributed by atoms with van der Waals surface area (Å²) in [6, 6.07) is 5.90. The van der Waals surface area contributed by atoms with Crippen molar-refractivity contribution in [1.82, 2.24) is 0 Å². The zero-order valence-corrected chi connectivity index (χ0v) is 13.0. The molecule has 1 saturated heterocycles. The molecule has 0 unspecified atom stereocenters. The first kappa shape index (κ1) is 15.0. The molecule has 1 aliphatic heterocycles. The Labute approximate surface area is 121 Å². The van der Waals surface area contributed by atoms with E-state index in [0.717, 1.165) is 42.6 Å². The van der Waals surface area contributed by atoms with Gasteiger partial charge >= 0.3 is 5.97 Å². The fourth-order valence-electron chi connectivity index (χ4n) is 3.13. The van der Waals surface area contributed by atoms with Gasteiger partial charge in [-0.3, -0.25) is 0 Å². The molecular weight excluding hydrogens is 250 g/mol. The molecule has 0 atom stereocenters. The SMILES string of the molecule is Cc1cccc(C)c1C(=O)OC(C)(C)C1CC[NH2+]CC1. The summed E-state index contributed by atoms with van der Waals surface area (Å²) >= 11 is 0. The molecule has 0 spiro atoms. The number of aryl methyl sites for hydroxylation is 2. The van der Waals surface area contributed by atoms with Gasteiger partial charge in [-0.15, -0.1) is 0 Å². The van der Waals surface area contributed by atoms with Gasteiger partial charge < -0.3 is 10.1 Å². The van der Waals surface area contributed by atoms with Crippen molar-refractivity contribution in [2.24, 2.45) is 5.92 Å². The Morgan fingerprint density at radius 3 is 2.30 bits per heavy atom. The average Bonchev–Trinajstić information content (AvgIpc) is 2.39. The Morgan fingerprint density at radius 2 is 1.75 bits per heavy atom. The monoisotopic (exact) mass is 276 g/mol. The molecule has 0 aromatic heterocycles. The van der Waals surface area contributed by atoms with Crippen molar-refractivity contribution in [2.75, 3.05) is 13.1 Å². The van der Waals surface area contributed by atoms with E-state index in [2.05, 4.69) is 19.2 Å². The molecule has 0 amide bonds. The number of esters is 1. The number of benzene rings is 1. The molecule has 0 bridgehead atoms. The van der Waals surface area contributed by atoms with Crippen LogP contribution in [0.4, 0.5) is 0 Å². The molecule has 0 aliphatic carbocycles. The highest BCUT2D eigenvalue weighted by molar-refractivity contribution is 5.92. The molecule has 1 aromatic carbocycles. The van der Waals surface area contributed by atoms with Crippen LogP contribution < -0.4 is 5.32 Å². The van der Waals surface area contributed by atoms with Crippen molar-refractivity contribution in [1.29, 1.82) is 0 Å². The standard InChI is InChI=1S/C17H25NO2/c1-12-6-5-7-13(2)15(12)16(19)20-17(3,4)14-8-10-18-11-9-14/h5-7,14,18H,8-11H2,1-4H3/p+1. The van der Waals surface area contributed by atoms with Crippen LogP contribution in [-0.4, -0.2) is 24.7 Å². The minimum atomic E-state index is -0.389. The van der Waals surface area contributed by atoms with E-state index in [1.165, 1.54) is 0 Å². The van der Waals surface area contributed by atoms with E-state index in [1.54, 1.807) is 0 Å². The quantitative estimate of drug-likeness (QED) is 0.860. The maximum absolute atomic E-state index is 12.5. The third kappa shape index (κ3) is 3.21. The van der Waals surface area contributed by atoms with Crippen molar-refractivity contribution in [3.05, 3.63) is 34.9 Å². The number of rotatable bonds is 3. The van der Waals surface area contributed by atoms with Crippen LogP contribution in [0.2, 0.25) is 0 Å². The number of carbonyl (C=O) groups excluding carboxylic acids is 1. The highest BCUT2D eigenvalue weighted by atomic mass is 16.6. The summed E-state index contributed by atoms with van der Waals surface area (Å²) in [5.41, 5.74) is 2.31. The number of hydrogen-bond donors (Lipinski definition) is 1. The molecule has 1 aliphatic rings. The summed E-state index contributed by atoms with van der Waals surface area (Å²) in [6.07, 6.45) is 2.24. The van der Waals surface area contributed by atoms with Gasteiger partial charge in [-0.1, -0.05) is 18.2 Å². The van der Waals surface area contributed by atoms with Gasteiger partial charge in [0, 0.05) is 18.8 Å². The summed E-state index contributed by atoms with van der Waals surface area (Å²) in [5.74, 6) is 0.279. The van der Waals surface area contributed by atoms with Gasteiger partial charge in [-0.25, -0.2) is 4.79 Å². The zero-order chi connectivity index (χ0) is 14.8. The molecule has 1 heterocycles. The van der Waals surface area contributed by atoms with E-state index < -0.39 is 0 Å². The molecule has 0 radical (unpaired) electrons. The average molecular weight is 276 g/mol. The molecule has 2 N–H and O–H groups in total. The fraction of sp³-hybridized carbons (Fsp3) is 0.588. The maximum Gasteiger partial charge on any atom is 0.339 e. The van der Waals surface area contributed by atoms with E-state index in [0.29, 0.717) is 5.92 Å². The molecule has 1 fully saturated rings. The maximum atomic E-state index is 12.5. The summed E-state index contributed by atoms with van der Waals surface area (Å²) in [7, 11) is 0. The van der Waals surface area contributed by atoms with Crippen LogP contribution in [0.3, 0.4) is 0 Å². The lowest BCUT2D eigenvalue weighted by Crippen LogP contribution is -2.86. The minimum absolute atomic E-state index is 0.180. The topological polar surface area (TPSA) is 42.9 Å². The molecule has 110 valence electrons. The van der Waals surface area contributed by atoms with Crippen LogP contribution in [0, 0.1) is 19.8 Å². The Balaban J connectivity index is 2.14. The van der Waals surface area contributed by atoms with Crippen LogP contribution in [0.1, 0.15) is 48.2 Å². The summed E-state index contributed by atoms with van der Waals surface area (Å²) in [5, 5.41) is 2.33. The Hall–Kier alpha value is -1.35. The second-order valence-corrected chi connectivity index (χ2v) is 6.40. The first-order chi connectivity index (χ1) is 9.42. The number of ether oxygens (including phenoxy) is 1. The van der Waals surface area contributed by atoms with E-state index in [-0.39, 0.29) is 11.6 Å². The number of nitrogens with two attached hydrogens (primary N) is 1. The Morgan fingerprint density at radius 1 is 1.20 bits per heavy atom. The molecule has 3 heteroatoms. The zero-order valence-electron chi connectivity index (χ0n) is 13.0. The lowest BCUT2D eigenvalue weighted by atomic mass is 9.83. The second-order valence-electron chi connectivity index (χ2n) is 6.40. The number of piperidine rings is 1. The molecule has 3 nitrogen and oxygen atoms in total. The predicted molar refractivity (Wildman–Crippen MR) is 79.8 cm³/mol. The smallest absolute Gasteiger partial charge is 0.339 e. The molecule has 0 saturated carbocycles. The molecule has 1 aromatic rings. The van der Waals surface area contributed by atoms with E-state index in [1.807, 2.05) is 32.0 Å². The van der Waals surface area contributed by atoms with Gasteiger partial charge in [0.25, 0.3) is 0 Å². The van der Waals surface area contributed by atoms with Crippen LogP contribution in [-0.2, 0) is 4.74 Å². The summed E-state index contributed by atoms with van der Waals surface area (Å²) in [4.78, 5) is 12.5. The van der Waals surface area contributed by atoms with Crippen LogP contribution in [0.25, 0.3) is 0 Å². The van der Waals surface area contributed by atoms with Crippen LogP contribution in [0.5, 0.6) is 0 Å². The highest BCUT2D eigenvalue weighted by Crippen LogP contribution is 2.29. The third-order valence-corrected chi connectivity index (χ3v) is 4.46. The predicted octanol–water partition coefficient (Wildman–Crippen LogP) is 2.21. The highest BCUT2D eigenvalue weighted by Gasteiger charge is 2.36. The largest absolute Gasteiger partial charge is 0.456 e. The van der Waals surface area contributed by atoms with Gasteiger partial charge in [0.15, 0.2) is 0 Å². The lowest BCUT2D eigenvalue weighted by Gasteiger charge is -2.35. The number of carbonyl (C=O) groups is 1. The lowest BCUT2D eigenvalue weighted by molar-refractivity contribution is -0.665. The van der Waals surface area contributed by atoms with Gasteiger partial charge in [-0.2, -0.15) is 0 Å². The van der Waals surface area contributed by atoms with Crippen molar-refractivity contribution in [3.63, 3.8) is 0 Å². The van der Waals surface area contributed by atoms with Crippen molar-refractivity contribution in [2.45, 2.75) is 46.1 Å². The summed E-state index contributed by atoms with van der Waals surface area (Å²) < 4.78 is 5.87. The molecular formula is C17H26NO2+. The van der Waals surface area contributed by atoms with Crippen LogP contribution in [0.15, 0.2) is 18.2 Å². The van der Waals surface area contributed by atoms with Crippen molar-refractivity contribution >= 4 is 5.97 Å². The fourth-order valence-corrected chi connectivity index (χ4v) is 3.13. The first-order valence-electron chi connectivity index (χ1n) is 7.53. The van der Waals surface area contributed by atoms with E-state index >= 15 is 0 Å². The second kappa shape index (κ2) is 5.96. The number of quaternary nitrogens is 1. The Bertz CT molecular complexity index is 468. The van der Waals surface area contributed by atoms with Gasteiger partial charge in [0.1, 0.15) is 5.60 Å². The van der Waals surface area contributed by atoms with Gasteiger partial charge in [-0.05, 0) is 38.8 Å². The summed E-state index contributed by atoms with van der Waals surface area (Å²) in [6.45, 7) is 10.3. The van der Waals surface area contributed by atoms with E-state index in [9.17, 15) is 4.79 Å². The number of hydrogen-bond acceptors (Lipinski definition) is 2. The van der Waals surface area contributed by atoms with Gasteiger partial charge in [0.2, 0.25) is 0 Å². The molecule has 20 heavy (non-hydrogen) atoms. The Kier molecular flexibility index (Phi) is 4.48. The van der Waals surface area contributed by atoms with Crippen molar-refractivity contribution in [3.8, 4) is 0 Å². The van der Waals surface area contributed by atoms with Gasteiger partial charge in [0.05, 0.1) is 18.7 Å². The minimum Gasteiger partial charge on any atom is -0.456 e. The van der Waals surface area contributed by atoms with E-state index in [4.69, 9.17) is 4.74 Å². The molecule has 2 rings (SSSR count). The van der Waals surface area contributed by atoms with Crippen LogP contribution >= 0.6 is 0 Å². The first-order valence-corrected chi connectivity index (χ1v) is 7.53. The normalized spacial score (nSPS) is 17.0. The van der Waals surface area contributed by atoms with Crippen molar-refractivity contribution < 1.29 is 14.8 Å².